The van der Waals surface area contributed by atoms with Crippen LogP contribution in [0, 0.1) is 12.8 Å². The molecule has 0 aliphatic carbocycles. The highest BCUT2D eigenvalue weighted by atomic mass is 35.5. The minimum Gasteiger partial charge on any atom is -0.316 e. The molecule has 1 aromatic heterocycles. The largest absolute Gasteiger partial charge is 0.316 e. The Balaban J connectivity index is 0.00000225. The van der Waals surface area contributed by atoms with Gasteiger partial charge in [0.1, 0.15) is 0 Å². The fraction of sp³-hybridized carbons (Fsp3) is 0.444. The van der Waals surface area contributed by atoms with E-state index in [-0.39, 0.29) is 18.3 Å². The Morgan fingerprint density at radius 3 is 3.04 bits per heavy atom. The standard InChI is InChI=1S/C18H22ClN3OS.ClH/c1-12-16(10-14-3-2-4-15(19)9-14)24-18(21-12)22-17(23)6-5-13-7-8-20-11-13;/h2-4,9,13,20H,5-8,10-11H2,1H3,(H,21,22,23);1H. The van der Waals surface area contributed by atoms with E-state index >= 15 is 0 Å². The van der Waals surface area contributed by atoms with Crippen LogP contribution in [0.5, 0.6) is 0 Å². The Morgan fingerprint density at radius 1 is 1.48 bits per heavy atom. The maximum atomic E-state index is 12.1. The van der Waals surface area contributed by atoms with Gasteiger partial charge >= 0.3 is 0 Å². The van der Waals surface area contributed by atoms with Gasteiger partial charge in [-0.25, -0.2) is 4.98 Å². The molecule has 4 nitrogen and oxygen atoms in total. The fourth-order valence-electron chi connectivity index (χ4n) is 2.96. The Morgan fingerprint density at radius 2 is 2.32 bits per heavy atom. The molecule has 0 spiro atoms. The molecule has 3 rings (SSSR count). The number of aromatic nitrogens is 1. The van der Waals surface area contributed by atoms with Gasteiger partial charge < -0.3 is 10.6 Å². The second-order valence-electron chi connectivity index (χ2n) is 6.28. The van der Waals surface area contributed by atoms with Crippen molar-refractivity contribution in [1.29, 1.82) is 0 Å². The molecule has 1 saturated heterocycles. The average molecular weight is 400 g/mol. The fourth-order valence-corrected chi connectivity index (χ4v) is 4.18. The van der Waals surface area contributed by atoms with Gasteiger partial charge in [0.15, 0.2) is 5.13 Å². The number of nitrogens with zero attached hydrogens (tertiary/aromatic N) is 1. The zero-order valence-corrected chi connectivity index (χ0v) is 16.6. The number of carbonyl (C=O) groups excluding carboxylic acids is 1. The molecule has 1 aromatic carbocycles. The molecule has 7 heteroatoms. The number of nitrogens with one attached hydrogen (secondary N) is 2. The van der Waals surface area contributed by atoms with E-state index in [0.29, 0.717) is 17.5 Å². The zero-order chi connectivity index (χ0) is 16.9. The summed E-state index contributed by atoms with van der Waals surface area (Å²) in [5.41, 5.74) is 2.12. The molecule has 2 N–H and O–H groups in total. The normalized spacial score (nSPS) is 16.5. The van der Waals surface area contributed by atoms with Gasteiger partial charge in [0.05, 0.1) is 5.69 Å². The summed E-state index contributed by atoms with van der Waals surface area (Å²) in [5, 5.41) is 7.71. The monoisotopic (exact) mass is 399 g/mol. The number of amides is 1. The summed E-state index contributed by atoms with van der Waals surface area (Å²) >= 11 is 7.59. The van der Waals surface area contributed by atoms with Crippen molar-refractivity contribution in [1.82, 2.24) is 10.3 Å². The van der Waals surface area contributed by atoms with Crippen molar-refractivity contribution in [2.24, 2.45) is 5.92 Å². The van der Waals surface area contributed by atoms with Crippen LogP contribution in [-0.2, 0) is 11.2 Å². The summed E-state index contributed by atoms with van der Waals surface area (Å²) in [6, 6.07) is 7.85. The maximum Gasteiger partial charge on any atom is 0.226 e. The summed E-state index contributed by atoms with van der Waals surface area (Å²) < 4.78 is 0. The molecule has 1 atom stereocenters. The van der Waals surface area contributed by atoms with Crippen LogP contribution in [0.15, 0.2) is 24.3 Å². The molecule has 136 valence electrons. The van der Waals surface area contributed by atoms with Crippen molar-refractivity contribution in [3.8, 4) is 0 Å². The first-order chi connectivity index (χ1) is 11.6. The van der Waals surface area contributed by atoms with Crippen LogP contribution in [-0.4, -0.2) is 24.0 Å². The van der Waals surface area contributed by atoms with Gasteiger partial charge in [-0.1, -0.05) is 23.7 Å². The summed E-state index contributed by atoms with van der Waals surface area (Å²) in [6.45, 7) is 4.09. The SMILES string of the molecule is Cc1nc(NC(=O)CCC2CCNC2)sc1Cc1cccc(Cl)c1.Cl. The summed E-state index contributed by atoms with van der Waals surface area (Å²) in [7, 11) is 0. The molecular weight excluding hydrogens is 377 g/mol. The van der Waals surface area contributed by atoms with Crippen molar-refractivity contribution in [3.05, 3.63) is 45.4 Å². The third-order valence-electron chi connectivity index (χ3n) is 4.33. The molecule has 1 fully saturated rings. The molecule has 2 aromatic rings. The van der Waals surface area contributed by atoms with Crippen LogP contribution in [0.1, 0.15) is 35.4 Å². The van der Waals surface area contributed by atoms with Gasteiger partial charge in [-0.2, -0.15) is 0 Å². The number of anilines is 1. The number of hydrogen-bond acceptors (Lipinski definition) is 4. The Bertz CT molecular complexity index is 714. The van der Waals surface area contributed by atoms with Crippen molar-refractivity contribution in [2.75, 3.05) is 18.4 Å². The summed E-state index contributed by atoms with van der Waals surface area (Å²) in [5.74, 6) is 0.692. The first kappa shape index (κ1) is 20.2. The predicted molar refractivity (Wildman–Crippen MR) is 107 cm³/mol. The first-order valence-electron chi connectivity index (χ1n) is 8.31. The number of benzene rings is 1. The molecule has 0 saturated carbocycles. The molecule has 0 radical (unpaired) electrons. The first-order valence-corrected chi connectivity index (χ1v) is 9.51. The van der Waals surface area contributed by atoms with Gasteiger partial charge in [0, 0.05) is 22.7 Å². The minimum absolute atomic E-state index is 0. The van der Waals surface area contributed by atoms with Gasteiger partial charge in [-0.05, 0) is 56.5 Å². The van der Waals surface area contributed by atoms with Crippen LogP contribution < -0.4 is 10.6 Å². The average Bonchev–Trinajstić information content (AvgIpc) is 3.16. The number of thiazole rings is 1. The summed E-state index contributed by atoms with van der Waals surface area (Å²) in [6.07, 6.45) is 3.47. The molecule has 1 aliphatic rings. The molecule has 25 heavy (non-hydrogen) atoms. The van der Waals surface area contributed by atoms with E-state index in [0.717, 1.165) is 47.1 Å². The lowest BCUT2D eigenvalue weighted by Crippen LogP contribution is -2.14. The van der Waals surface area contributed by atoms with Crippen LogP contribution in [0.3, 0.4) is 0 Å². The lowest BCUT2D eigenvalue weighted by atomic mass is 10.0. The Kier molecular flexibility index (Phi) is 7.69. The molecule has 1 amide bonds. The maximum absolute atomic E-state index is 12.1. The van der Waals surface area contributed by atoms with Gasteiger partial charge in [-0.15, -0.1) is 23.7 Å². The van der Waals surface area contributed by atoms with E-state index in [1.54, 1.807) is 11.3 Å². The van der Waals surface area contributed by atoms with Gasteiger partial charge in [-0.3, -0.25) is 4.79 Å². The van der Waals surface area contributed by atoms with E-state index in [1.807, 2.05) is 25.1 Å². The highest BCUT2D eigenvalue weighted by Crippen LogP contribution is 2.26. The third kappa shape index (κ3) is 5.96. The number of rotatable bonds is 6. The third-order valence-corrected chi connectivity index (χ3v) is 5.64. The van der Waals surface area contributed by atoms with E-state index in [1.165, 1.54) is 6.42 Å². The van der Waals surface area contributed by atoms with Gasteiger partial charge in [0.2, 0.25) is 5.91 Å². The number of carbonyl (C=O) groups is 1. The topological polar surface area (TPSA) is 54.0 Å². The van der Waals surface area contributed by atoms with E-state index in [2.05, 4.69) is 21.7 Å². The second kappa shape index (κ2) is 9.53. The lowest BCUT2D eigenvalue weighted by Gasteiger charge is -2.06. The van der Waals surface area contributed by atoms with Crippen molar-refractivity contribution >= 4 is 46.4 Å². The Labute approximate surface area is 163 Å². The Hall–Kier alpha value is -1.14. The van der Waals surface area contributed by atoms with Crippen LogP contribution in [0.2, 0.25) is 5.02 Å². The number of aryl methyl sites for hydroxylation is 1. The smallest absolute Gasteiger partial charge is 0.226 e. The molecule has 1 aliphatic heterocycles. The highest BCUT2D eigenvalue weighted by Gasteiger charge is 2.16. The second-order valence-corrected chi connectivity index (χ2v) is 7.80. The molecule has 0 bridgehead atoms. The summed E-state index contributed by atoms with van der Waals surface area (Å²) in [4.78, 5) is 17.8. The highest BCUT2D eigenvalue weighted by molar-refractivity contribution is 7.15. The van der Waals surface area contributed by atoms with Crippen LogP contribution in [0.4, 0.5) is 5.13 Å². The van der Waals surface area contributed by atoms with E-state index in [4.69, 9.17) is 11.6 Å². The van der Waals surface area contributed by atoms with Crippen LogP contribution >= 0.6 is 35.3 Å². The van der Waals surface area contributed by atoms with E-state index in [9.17, 15) is 4.79 Å². The molecule has 1 unspecified atom stereocenters. The van der Waals surface area contributed by atoms with Gasteiger partial charge in [0.25, 0.3) is 0 Å². The lowest BCUT2D eigenvalue weighted by molar-refractivity contribution is -0.116. The quantitative estimate of drug-likeness (QED) is 0.754. The van der Waals surface area contributed by atoms with Crippen molar-refractivity contribution in [2.45, 2.75) is 32.6 Å². The number of halogens is 2. The molecular formula is C18H23Cl2N3OS. The van der Waals surface area contributed by atoms with Crippen LogP contribution in [0.25, 0.3) is 0 Å². The van der Waals surface area contributed by atoms with Crippen molar-refractivity contribution in [3.63, 3.8) is 0 Å². The minimum atomic E-state index is 0. The predicted octanol–water partition coefficient (Wildman–Crippen LogP) is 4.45. The number of hydrogen-bond donors (Lipinski definition) is 2. The molecule has 2 heterocycles. The zero-order valence-electron chi connectivity index (χ0n) is 14.2. The van der Waals surface area contributed by atoms with Crippen molar-refractivity contribution < 1.29 is 4.79 Å². The van der Waals surface area contributed by atoms with E-state index < -0.39 is 0 Å².